The average Bonchev–Trinajstić information content (AvgIpc) is 2.31. The van der Waals surface area contributed by atoms with Crippen LogP contribution in [0.3, 0.4) is 0 Å². The third kappa shape index (κ3) is 3.07. The molecule has 0 radical (unpaired) electrons. The summed E-state index contributed by atoms with van der Waals surface area (Å²) in [4.78, 5) is 23.9. The van der Waals surface area contributed by atoms with Crippen LogP contribution < -0.4 is 0 Å². The van der Waals surface area contributed by atoms with Crippen LogP contribution in [0.4, 0.5) is 0 Å². The predicted molar refractivity (Wildman–Crippen MR) is 66.0 cm³/mol. The summed E-state index contributed by atoms with van der Waals surface area (Å²) < 4.78 is 5.04. The number of hydrogen-bond acceptors (Lipinski definition) is 3. The summed E-state index contributed by atoms with van der Waals surface area (Å²) in [6.45, 7) is 1.65. The summed E-state index contributed by atoms with van der Waals surface area (Å²) in [5.41, 5.74) is 1.34. The Morgan fingerprint density at radius 2 is 2.00 bits per heavy atom. The monoisotopic (exact) mass is 251 g/mol. The summed E-state index contributed by atoms with van der Waals surface area (Å²) in [5, 5.41) is 9.30. The summed E-state index contributed by atoms with van der Waals surface area (Å²) >= 11 is 0. The van der Waals surface area contributed by atoms with Gasteiger partial charge in [0.1, 0.15) is 0 Å². The van der Waals surface area contributed by atoms with Crippen molar-refractivity contribution >= 4 is 11.9 Å². The minimum absolute atomic E-state index is 0.297. The summed E-state index contributed by atoms with van der Waals surface area (Å²) in [6.07, 6.45) is 0. The van der Waals surface area contributed by atoms with Crippen LogP contribution in [0.5, 0.6) is 0 Å². The number of ether oxygens (including phenoxy) is 1. The van der Waals surface area contributed by atoms with Gasteiger partial charge in [0.15, 0.2) is 6.04 Å². The molecule has 1 N–H and O–H groups in total. The Labute approximate surface area is 106 Å². The highest BCUT2D eigenvalue weighted by molar-refractivity contribution is 5.83. The third-order valence-corrected chi connectivity index (χ3v) is 2.77. The normalized spacial score (nSPS) is 11.9. The number of carbonyl (C=O) groups is 2. The topological polar surface area (TPSA) is 66.8 Å². The highest BCUT2D eigenvalue weighted by atomic mass is 16.5. The molecule has 0 aromatic heterocycles. The molecule has 1 unspecified atom stereocenters. The minimum atomic E-state index is -1.06. The number of methoxy groups -OCH3 is 1. The van der Waals surface area contributed by atoms with Crippen molar-refractivity contribution in [3.63, 3.8) is 0 Å². The molecule has 0 saturated carbocycles. The third-order valence-electron chi connectivity index (χ3n) is 2.77. The molecular formula is C13H17NO4. The molecule has 1 aromatic rings. The van der Waals surface area contributed by atoms with Gasteiger partial charge in [0.05, 0.1) is 6.61 Å². The van der Waals surface area contributed by atoms with Gasteiger partial charge in [-0.25, -0.2) is 4.79 Å². The zero-order valence-corrected chi connectivity index (χ0v) is 10.7. The fourth-order valence-electron chi connectivity index (χ4n) is 1.78. The number of aliphatic carboxylic acids is 1. The van der Waals surface area contributed by atoms with Gasteiger partial charge in [-0.3, -0.25) is 4.79 Å². The van der Waals surface area contributed by atoms with E-state index in [-0.39, 0.29) is 5.91 Å². The molecule has 0 spiro atoms. The second-order valence-electron chi connectivity index (χ2n) is 4.00. The molecule has 0 aliphatic carbocycles. The van der Waals surface area contributed by atoms with E-state index in [1.165, 1.54) is 18.9 Å². The molecule has 98 valence electrons. The van der Waals surface area contributed by atoms with Crippen LogP contribution in [0.2, 0.25) is 0 Å². The number of carboxylic acids is 1. The SMILES string of the molecule is COCc1ccccc1C(C(=O)O)N(C)C(C)=O. The highest BCUT2D eigenvalue weighted by Crippen LogP contribution is 2.24. The molecule has 1 amide bonds. The molecule has 5 heteroatoms. The van der Waals surface area contributed by atoms with Crippen molar-refractivity contribution in [2.24, 2.45) is 0 Å². The van der Waals surface area contributed by atoms with Crippen molar-refractivity contribution in [1.29, 1.82) is 0 Å². The fraction of sp³-hybridized carbons (Fsp3) is 0.385. The van der Waals surface area contributed by atoms with Crippen molar-refractivity contribution in [1.82, 2.24) is 4.90 Å². The lowest BCUT2D eigenvalue weighted by Gasteiger charge is -2.25. The standard InChI is InChI=1S/C13H17NO4/c1-9(15)14(2)12(13(16)17)11-7-5-4-6-10(11)8-18-3/h4-7,12H,8H2,1-3H3,(H,16,17). The summed E-state index contributed by atoms with van der Waals surface area (Å²) in [6, 6.07) is 6.06. The lowest BCUT2D eigenvalue weighted by atomic mass is 9.99. The fourth-order valence-corrected chi connectivity index (χ4v) is 1.78. The molecule has 5 nitrogen and oxygen atoms in total. The van der Waals surface area contributed by atoms with Gasteiger partial charge in [0.2, 0.25) is 5.91 Å². The van der Waals surface area contributed by atoms with Crippen molar-refractivity contribution < 1.29 is 19.4 Å². The number of hydrogen-bond donors (Lipinski definition) is 1. The van der Waals surface area contributed by atoms with Gasteiger partial charge < -0.3 is 14.7 Å². The molecule has 1 rings (SSSR count). The molecule has 0 bridgehead atoms. The molecular weight excluding hydrogens is 234 g/mol. The van der Waals surface area contributed by atoms with Crippen LogP contribution >= 0.6 is 0 Å². The van der Waals surface area contributed by atoms with E-state index in [4.69, 9.17) is 4.74 Å². The Morgan fingerprint density at radius 3 is 2.50 bits per heavy atom. The highest BCUT2D eigenvalue weighted by Gasteiger charge is 2.28. The largest absolute Gasteiger partial charge is 0.479 e. The zero-order valence-electron chi connectivity index (χ0n) is 10.7. The summed E-state index contributed by atoms with van der Waals surface area (Å²) in [5.74, 6) is -1.36. The molecule has 0 aliphatic heterocycles. The first-order valence-electron chi connectivity index (χ1n) is 5.52. The van der Waals surface area contributed by atoms with Crippen LogP contribution in [0.25, 0.3) is 0 Å². The minimum Gasteiger partial charge on any atom is -0.479 e. The number of carbonyl (C=O) groups excluding carboxylic acids is 1. The van der Waals surface area contributed by atoms with Crippen molar-refractivity contribution in [2.75, 3.05) is 14.2 Å². The van der Waals surface area contributed by atoms with Crippen LogP contribution in [0.15, 0.2) is 24.3 Å². The second kappa shape index (κ2) is 6.16. The predicted octanol–water partition coefficient (Wildman–Crippen LogP) is 1.44. The van der Waals surface area contributed by atoms with E-state index in [1.54, 1.807) is 25.3 Å². The van der Waals surface area contributed by atoms with E-state index in [0.29, 0.717) is 12.2 Å². The molecule has 0 aliphatic rings. The Morgan fingerprint density at radius 1 is 1.39 bits per heavy atom. The first kappa shape index (κ1) is 14.2. The zero-order chi connectivity index (χ0) is 13.7. The number of rotatable bonds is 5. The average molecular weight is 251 g/mol. The number of amides is 1. The molecule has 1 aromatic carbocycles. The van der Waals surface area contributed by atoms with Crippen molar-refractivity contribution in [3.8, 4) is 0 Å². The molecule has 0 saturated heterocycles. The second-order valence-corrected chi connectivity index (χ2v) is 4.00. The van der Waals surface area contributed by atoms with Gasteiger partial charge in [-0.2, -0.15) is 0 Å². The van der Waals surface area contributed by atoms with Gasteiger partial charge in [-0.15, -0.1) is 0 Å². The molecule has 18 heavy (non-hydrogen) atoms. The Bertz CT molecular complexity index is 444. The smallest absolute Gasteiger partial charge is 0.331 e. The van der Waals surface area contributed by atoms with Crippen LogP contribution in [-0.2, 0) is 20.9 Å². The number of likely N-dealkylation sites (N-methyl/N-ethyl adjacent to an activating group) is 1. The maximum absolute atomic E-state index is 11.4. The van der Waals surface area contributed by atoms with E-state index in [9.17, 15) is 14.7 Å². The number of carboxylic acid groups (broad SMARTS) is 1. The van der Waals surface area contributed by atoms with Crippen LogP contribution in [0.1, 0.15) is 24.1 Å². The van der Waals surface area contributed by atoms with E-state index in [2.05, 4.69) is 0 Å². The van der Waals surface area contributed by atoms with Crippen molar-refractivity contribution in [2.45, 2.75) is 19.6 Å². The quantitative estimate of drug-likeness (QED) is 0.859. The van der Waals surface area contributed by atoms with Gasteiger partial charge in [-0.05, 0) is 11.1 Å². The first-order valence-corrected chi connectivity index (χ1v) is 5.52. The molecule has 0 fully saturated rings. The van der Waals surface area contributed by atoms with E-state index in [0.717, 1.165) is 5.56 Å². The van der Waals surface area contributed by atoms with E-state index >= 15 is 0 Å². The van der Waals surface area contributed by atoms with E-state index in [1.807, 2.05) is 6.07 Å². The van der Waals surface area contributed by atoms with Crippen molar-refractivity contribution in [3.05, 3.63) is 35.4 Å². The Kier molecular flexibility index (Phi) is 4.85. The van der Waals surface area contributed by atoms with E-state index < -0.39 is 12.0 Å². The van der Waals surface area contributed by atoms with Crippen LogP contribution in [0, 0.1) is 0 Å². The Hall–Kier alpha value is -1.88. The first-order chi connectivity index (χ1) is 8.49. The molecule has 1 atom stereocenters. The van der Waals surface area contributed by atoms with Gasteiger partial charge in [-0.1, -0.05) is 24.3 Å². The van der Waals surface area contributed by atoms with Gasteiger partial charge in [0.25, 0.3) is 0 Å². The molecule has 0 heterocycles. The maximum Gasteiger partial charge on any atom is 0.331 e. The van der Waals surface area contributed by atoms with Crippen LogP contribution in [-0.4, -0.2) is 36.0 Å². The lowest BCUT2D eigenvalue weighted by Crippen LogP contribution is -2.34. The summed E-state index contributed by atoms with van der Waals surface area (Å²) in [7, 11) is 3.02. The Balaban J connectivity index is 3.21. The maximum atomic E-state index is 11.4. The number of nitrogens with zero attached hydrogens (tertiary/aromatic N) is 1. The van der Waals surface area contributed by atoms with Gasteiger partial charge >= 0.3 is 5.97 Å². The number of benzene rings is 1. The van der Waals surface area contributed by atoms with Gasteiger partial charge in [0, 0.05) is 21.1 Å². The lowest BCUT2D eigenvalue weighted by molar-refractivity contribution is -0.148.